The molecule has 1 aliphatic heterocycles. The predicted molar refractivity (Wildman–Crippen MR) is 82.1 cm³/mol. The molecule has 1 N–H and O–H groups in total. The largest absolute Gasteiger partial charge is 0.392 e. The second-order valence-corrected chi connectivity index (χ2v) is 6.59. The van der Waals surface area contributed by atoms with Crippen LogP contribution in [0.2, 0.25) is 0 Å². The molecule has 21 heavy (non-hydrogen) atoms. The van der Waals surface area contributed by atoms with Gasteiger partial charge in [0.15, 0.2) is 0 Å². The van der Waals surface area contributed by atoms with E-state index in [-0.39, 0.29) is 12.0 Å². The van der Waals surface area contributed by atoms with Crippen LogP contribution in [0.4, 0.5) is 5.82 Å². The molecule has 0 saturated carbocycles. The first kappa shape index (κ1) is 14.1. The maximum absolute atomic E-state index is 9.51. The normalized spacial score (nSPS) is 15.1. The van der Waals surface area contributed by atoms with Crippen LogP contribution in [0.1, 0.15) is 37.9 Å². The Balaban J connectivity index is 1.95. The Labute approximate surface area is 125 Å². The summed E-state index contributed by atoms with van der Waals surface area (Å²) in [5.41, 5.74) is 1.89. The Bertz CT molecular complexity index is 642. The van der Waals surface area contributed by atoms with Crippen LogP contribution in [0.25, 0.3) is 0 Å². The van der Waals surface area contributed by atoms with Crippen molar-refractivity contribution in [1.29, 1.82) is 0 Å². The summed E-state index contributed by atoms with van der Waals surface area (Å²) in [6.45, 7) is 9.06. The van der Waals surface area contributed by atoms with Crippen LogP contribution >= 0.6 is 0 Å². The number of imidazole rings is 1. The molecule has 0 fully saturated rings. The lowest BCUT2D eigenvalue weighted by atomic mass is 9.91. The maximum Gasteiger partial charge on any atom is 0.129 e. The second kappa shape index (κ2) is 5.15. The van der Waals surface area contributed by atoms with Gasteiger partial charge in [-0.3, -0.25) is 0 Å². The third-order valence-electron chi connectivity index (χ3n) is 3.89. The van der Waals surface area contributed by atoms with E-state index in [2.05, 4.69) is 35.2 Å². The molecule has 0 spiro atoms. The lowest BCUT2D eigenvalue weighted by molar-refractivity contribution is 0.281. The standard InChI is InChI=1S/C16H22N4O/c1-16(2,3)13-8-12(11-21)9-14(18-13)20-7-6-19-5-4-17-15(19)10-20/h4-5,8-9,21H,6-7,10-11H2,1-3H3. The number of nitrogens with zero attached hydrogens (tertiary/aromatic N) is 4. The number of aliphatic hydroxyl groups excluding tert-OH is 1. The van der Waals surface area contributed by atoms with E-state index in [1.165, 1.54) is 0 Å². The number of hydrogen-bond donors (Lipinski definition) is 1. The minimum atomic E-state index is -0.0335. The summed E-state index contributed by atoms with van der Waals surface area (Å²) < 4.78 is 2.18. The molecule has 1 aliphatic rings. The van der Waals surface area contributed by atoms with Gasteiger partial charge in [-0.25, -0.2) is 9.97 Å². The first-order valence-corrected chi connectivity index (χ1v) is 7.34. The highest BCUT2D eigenvalue weighted by molar-refractivity contribution is 5.44. The number of anilines is 1. The Morgan fingerprint density at radius 2 is 2.05 bits per heavy atom. The molecule has 0 amide bonds. The number of hydrogen-bond acceptors (Lipinski definition) is 4. The van der Waals surface area contributed by atoms with Gasteiger partial charge in [-0.2, -0.15) is 0 Å². The van der Waals surface area contributed by atoms with Gasteiger partial charge in [0.2, 0.25) is 0 Å². The summed E-state index contributed by atoms with van der Waals surface area (Å²) in [6, 6.07) is 3.97. The van der Waals surface area contributed by atoms with Crippen LogP contribution in [0.15, 0.2) is 24.5 Å². The van der Waals surface area contributed by atoms with Crippen molar-refractivity contribution < 1.29 is 5.11 Å². The van der Waals surface area contributed by atoms with Crippen LogP contribution < -0.4 is 4.90 Å². The van der Waals surface area contributed by atoms with E-state index in [1.807, 2.05) is 24.5 Å². The van der Waals surface area contributed by atoms with Crippen LogP contribution in [0.3, 0.4) is 0 Å². The first-order valence-electron chi connectivity index (χ1n) is 7.34. The molecule has 0 bridgehead atoms. The minimum absolute atomic E-state index is 0.0335. The lowest BCUT2D eigenvalue weighted by Crippen LogP contribution is -2.34. The van der Waals surface area contributed by atoms with Gasteiger partial charge in [-0.15, -0.1) is 0 Å². The van der Waals surface area contributed by atoms with Crippen molar-refractivity contribution in [3.63, 3.8) is 0 Å². The lowest BCUT2D eigenvalue weighted by Gasteiger charge is -2.30. The first-order chi connectivity index (χ1) is 9.97. The number of aromatic nitrogens is 3. The average Bonchev–Trinajstić information content (AvgIpc) is 2.93. The molecular formula is C16H22N4O. The van der Waals surface area contributed by atoms with Gasteiger partial charge in [-0.1, -0.05) is 20.8 Å². The zero-order valence-corrected chi connectivity index (χ0v) is 12.9. The van der Waals surface area contributed by atoms with Gasteiger partial charge in [0.1, 0.15) is 11.6 Å². The summed E-state index contributed by atoms with van der Waals surface area (Å²) in [7, 11) is 0. The zero-order valence-electron chi connectivity index (χ0n) is 12.9. The Hall–Kier alpha value is -1.88. The Morgan fingerprint density at radius 1 is 1.24 bits per heavy atom. The summed E-state index contributed by atoms with van der Waals surface area (Å²) in [5.74, 6) is 2.00. The van der Waals surface area contributed by atoms with Gasteiger partial charge in [0.05, 0.1) is 13.2 Å². The molecular weight excluding hydrogens is 264 g/mol. The fraction of sp³-hybridized carbons (Fsp3) is 0.500. The molecule has 2 aromatic heterocycles. The molecule has 112 valence electrons. The third kappa shape index (κ3) is 2.78. The zero-order chi connectivity index (χ0) is 15.0. The third-order valence-corrected chi connectivity index (χ3v) is 3.89. The van der Waals surface area contributed by atoms with Crippen LogP contribution in [0, 0.1) is 0 Å². The van der Waals surface area contributed by atoms with Crippen molar-refractivity contribution in [2.24, 2.45) is 0 Å². The van der Waals surface area contributed by atoms with Gasteiger partial charge in [0.25, 0.3) is 0 Å². The number of aliphatic hydroxyl groups is 1. The minimum Gasteiger partial charge on any atom is -0.392 e. The molecule has 0 aliphatic carbocycles. The second-order valence-electron chi connectivity index (χ2n) is 6.59. The topological polar surface area (TPSA) is 54.2 Å². The Kier molecular flexibility index (Phi) is 3.45. The number of fused-ring (bicyclic) bond motifs is 1. The SMILES string of the molecule is CC(C)(C)c1cc(CO)cc(N2CCn3ccnc3C2)n1. The highest BCUT2D eigenvalue weighted by Crippen LogP contribution is 2.26. The van der Waals surface area contributed by atoms with E-state index >= 15 is 0 Å². The highest BCUT2D eigenvalue weighted by atomic mass is 16.3. The van der Waals surface area contributed by atoms with Crippen LogP contribution in [0.5, 0.6) is 0 Å². The molecule has 0 atom stereocenters. The van der Waals surface area contributed by atoms with Crippen molar-refractivity contribution >= 4 is 5.82 Å². The van der Waals surface area contributed by atoms with Crippen molar-refractivity contribution in [2.45, 2.75) is 45.9 Å². The molecule has 5 nitrogen and oxygen atoms in total. The molecule has 3 heterocycles. The molecule has 0 aromatic carbocycles. The number of pyridine rings is 1. The van der Waals surface area contributed by atoms with E-state index in [0.717, 1.165) is 42.5 Å². The highest BCUT2D eigenvalue weighted by Gasteiger charge is 2.22. The molecule has 2 aromatic rings. The summed E-state index contributed by atoms with van der Waals surface area (Å²) in [5, 5.41) is 9.51. The predicted octanol–water partition coefficient (Wildman–Crippen LogP) is 2.09. The maximum atomic E-state index is 9.51. The summed E-state index contributed by atoms with van der Waals surface area (Å²) in [6.07, 6.45) is 3.86. The molecule has 0 saturated heterocycles. The van der Waals surface area contributed by atoms with Crippen LogP contribution in [-0.4, -0.2) is 26.2 Å². The summed E-state index contributed by atoms with van der Waals surface area (Å²) in [4.78, 5) is 11.4. The number of rotatable bonds is 2. The summed E-state index contributed by atoms with van der Waals surface area (Å²) >= 11 is 0. The van der Waals surface area contributed by atoms with Gasteiger partial charge in [0, 0.05) is 36.6 Å². The smallest absolute Gasteiger partial charge is 0.129 e. The van der Waals surface area contributed by atoms with E-state index in [4.69, 9.17) is 4.98 Å². The van der Waals surface area contributed by atoms with Crippen molar-refractivity contribution in [2.75, 3.05) is 11.4 Å². The van der Waals surface area contributed by atoms with E-state index in [9.17, 15) is 5.11 Å². The van der Waals surface area contributed by atoms with Crippen molar-refractivity contribution in [1.82, 2.24) is 14.5 Å². The quantitative estimate of drug-likeness (QED) is 0.918. The van der Waals surface area contributed by atoms with E-state index in [0.29, 0.717) is 0 Å². The van der Waals surface area contributed by atoms with Crippen LogP contribution in [-0.2, 0) is 25.1 Å². The van der Waals surface area contributed by atoms with E-state index < -0.39 is 0 Å². The molecule has 5 heteroatoms. The van der Waals surface area contributed by atoms with Gasteiger partial charge in [-0.05, 0) is 17.7 Å². The van der Waals surface area contributed by atoms with Gasteiger partial charge >= 0.3 is 0 Å². The average molecular weight is 286 g/mol. The molecule has 0 radical (unpaired) electrons. The van der Waals surface area contributed by atoms with Gasteiger partial charge < -0.3 is 14.6 Å². The molecule has 3 rings (SSSR count). The fourth-order valence-corrected chi connectivity index (χ4v) is 2.58. The van der Waals surface area contributed by atoms with Crippen molar-refractivity contribution in [3.05, 3.63) is 41.6 Å². The monoisotopic (exact) mass is 286 g/mol. The van der Waals surface area contributed by atoms with Crippen molar-refractivity contribution in [3.8, 4) is 0 Å². The fourth-order valence-electron chi connectivity index (χ4n) is 2.58. The molecule has 0 unspecified atom stereocenters. The van der Waals surface area contributed by atoms with E-state index in [1.54, 1.807) is 0 Å². The Morgan fingerprint density at radius 3 is 2.76 bits per heavy atom.